The standard InChI is InChI=1S/C38H47N7O10S/c1-37(2,3)55-36(49)40-29-22-53-16-7-5-6-9-24-20-38(24,35(48)43-56(50,51)27-11-12-27)42-32(46)30-19-26(21-44(30)34(29)47)54-33-28-13-10-25(52-4)17-23(28)18-31(41-33)45-15-8-14-39-45/h6,8-10,13-15,17-18,24,26-27,29-30H,5,7,11-12,16,19-22H2,1-4H3,(H,40,49)(H,42,46)(H,43,48)/b9-6-/t24-,26?,29+,30+,38-/m1/s1. The van der Waals surface area contributed by atoms with Gasteiger partial charge in [-0.05, 0) is 88.6 Å². The number of amides is 4. The van der Waals surface area contributed by atoms with Crippen molar-refractivity contribution < 1.29 is 46.5 Å². The van der Waals surface area contributed by atoms with E-state index in [4.69, 9.17) is 23.9 Å². The summed E-state index contributed by atoms with van der Waals surface area (Å²) in [4.78, 5) is 61.8. The summed E-state index contributed by atoms with van der Waals surface area (Å²) >= 11 is 0. The lowest BCUT2D eigenvalue weighted by Crippen LogP contribution is -2.59. The van der Waals surface area contributed by atoms with Crippen molar-refractivity contribution in [2.75, 3.05) is 26.9 Å². The van der Waals surface area contributed by atoms with Gasteiger partial charge in [-0.1, -0.05) is 12.2 Å². The summed E-state index contributed by atoms with van der Waals surface area (Å²) in [5, 5.41) is 10.5. The molecule has 56 heavy (non-hydrogen) atoms. The minimum Gasteiger partial charge on any atom is -0.497 e. The molecule has 300 valence electrons. The third-order valence-electron chi connectivity index (χ3n) is 10.1. The lowest BCUT2D eigenvalue weighted by molar-refractivity contribution is -0.142. The normalized spacial score (nSPS) is 26.5. The Hall–Kier alpha value is -5.23. The zero-order valence-corrected chi connectivity index (χ0v) is 32.5. The molecule has 2 aliphatic heterocycles. The van der Waals surface area contributed by atoms with Gasteiger partial charge in [0.2, 0.25) is 27.7 Å². The minimum absolute atomic E-state index is 0.0263. The number of hydrogen-bond acceptors (Lipinski definition) is 12. The van der Waals surface area contributed by atoms with E-state index in [1.165, 1.54) is 4.90 Å². The maximum atomic E-state index is 14.5. The van der Waals surface area contributed by atoms with Crippen molar-refractivity contribution in [3.63, 3.8) is 0 Å². The average Bonchev–Trinajstić information content (AvgIpc) is 4.00. The van der Waals surface area contributed by atoms with Gasteiger partial charge >= 0.3 is 6.09 Å². The smallest absolute Gasteiger partial charge is 0.408 e. The number of nitrogens with zero attached hydrogens (tertiary/aromatic N) is 4. The number of methoxy groups -OCH3 is 1. The number of alkyl carbamates (subject to hydrolysis) is 1. The van der Waals surface area contributed by atoms with Gasteiger partial charge in [-0.3, -0.25) is 19.1 Å². The fourth-order valence-corrected chi connectivity index (χ4v) is 8.38. The zero-order valence-electron chi connectivity index (χ0n) is 31.7. The van der Waals surface area contributed by atoms with Crippen molar-refractivity contribution in [3.05, 3.63) is 54.9 Å². The first-order valence-corrected chi connectivity index (χ1v) is 20.3. The number of hydrogen-bond donors (Lipinski definition) is 3. The summed E-state index contributed by atoms with van der Waals surface area (Å²) in [7, 11) is -2.36. The van der Waals surface area contributed by atoms with E-state index in [1.807, 2.05) is 18.2 Å². The van der Waals surface area contributed by atoms with Gasteiger partial charge in [0.15, 0.2) is 5.82 Å². The van der Waals surface area contributed by atoms with Gasteiger partial charge in [-0.2, -0.15) is 10.1 Å². The number of carbonyl (C=O) groups is 4. The van der Waals surface area contributed by atoms with Crippen LogP contribution in [0, 0.1) is 5.92 Å². The van der Waals surface area contributed by atoms with E-state index >= 15 is 0 Å². The highest BCUT2D eigenvalue weighted by Gasteiger charge is 2.62. The Labute approximate surface area is 324 Å². The number of pyridine rings is 1. The predicted molar refractivity (Wildman–Crippen MR) is 201 cm³/mol. The van der Waals surface area contributed by atoms with Gasteiger partial charge in [0.05, 0.1) is 25.5 Å². The topological polar surface area (TPSA) is 209 Å². The molecule has 0 bridgehead atoms. The molecular formula is C38H47N7O10S. The number of benzene rings is 1. The molecule has 2 saturated carbocycles. The molecule has 18 heteroatoms. The minimum atomic E-state index is -3.92. The molecule has 1 unspecified atom stereocenters. The van der Waals surface area contributed by atoms with E-state index in [9.17, 15) is 27.6 Å². The summed E-state index contributed by atoms with van der Waals surface area (Å²) in [5.41, 5.74) is -2.41. The number of aromatic nitrogens is 3. The van der Waals surface area contributed by atoms with Gasteiger partial charge in [0.25, 0.3) is 5.91 Å². The molecule has 17 nitrogen and oxygen atoms in total. The van der Waals surface area contributed by atoms with Crippen molar-refractivity contribution in [1.29, 1.82) is 0 Å². The number of ether oxygens (including phenoxy) is 4. The summed E-state index contributed by atoms with van der Waals surface area (Å²) < 4.78 is 52.8. The molecule has 7 rings (SSSR count). The summed E-state index contributed by atoms with van der Waals surface area (Å²) in [5.74, 6) is -1.34. The number of nitrogens with one attached hydrogen (secondary N) is 3. The quantitative estimate of drug-likeness (QED) is 0.281. The fraction of sp³-hybridized carbons (Fsp3) is 0.526. The van der Waals surface area contributed by atoms with E-state index in [1.54, 1.807) is 69.2 Å². The van der Waals surface area contributed by atoms with E-state index in [-0.39, 0.29) is 38.5 Å². The third kappa shape index (κ3) is 8.60. The van der Waals surface area contributed by atoms with Crippen LogP contribution in [0.25, 0.3) is 16.6 Å². The molecule has 3 aromatic rings. The molecule has 3 N–H and O–H groups in total. The van der Waals surface area contributed by atoms with E-state index in [0.717, 1.165) is 5.39 Å². The van der Waals surface area contributed by atoms with Crippen LogP contribution in [0.2, 0.25) is 0 Å². The van der Waals surface area contributed by atoms with Crippen LogP contribution in [0.5, 0.6) is 11.6 Å². The second-order valence-electron chi connectivity index (χ2n) is 15.6. The maximum absolute atomic E-state index is 14.5. The van der Waals surface area contributed by atoms with Crippen LogP contribution in [-0.2, 0) is 33.9 Å². The summed E-state index contributed by atoms with van der Waals surface area (Å²) in [6.45, 7) is 5.03. The first kappa shape index (κ1) is 39.0. The molecule has 5 atom stereocenters. The first-order chi connectivity index (χ1) is 26.7. The Kier molecular flexibility index (Phi) is 10.7. The molecule has 2 aliphatic carbocycles. The van der Waals surface area contributed by atoms with Gasteiger partial charge in [0.1, 0.15) is 35.1 Å². The molecule has 4 aliphatic rings. The molecule has 0 radical (unpaired) electrons. The van der Waals surface area contributed by atoms with Gasteiger partial charge in [-0.25, -0.2) is 17.9 Å². The van der Waals surface area contributed by atoms with Crippen LogP contribution < -0.4 is 24.8 Å². The second kappa shape index (κ2) is 15.4. The summed E-state index contributed by atoms with van der Waals surface area (Å²) in [6, 6.07) is 6.53. The SMILES string of the molecule is COc1ccc2c(OC3C[C@H]4C(=O)N[C@]5(C(=O)NS(=O)(=O)C6CC6)C[C@H]5/C=C\CCCOC[C@H](NC(=O)OC(C)(C)C)C(=O)N4C3)nc(-n3cccn3)cc2c1. The van der Waals surface area contributed by atoms with Crippen LogP contribution in [0.3, 0.4) is 0 Å². The number of carbonyl (C=O) groups excluding carboxylic acids is 4. The number of sulfonamides is 1. The monoisotopic (exact) mass is 793 g/mol. The van der Waals surface area contributed by atoms with Crippen molar-refractivity contribution in [1.82, 2.24) is 35.0 Å². The predicted octanol–water partition coefficient (Wildman–Crippen LogP) is 2.52. The molecular weight excluding hydrogens is 747 g/mol. The van der Waals surface area contributed by atoms with E-state index in [0.29, 0.717) is 42.6 Å². The average molecular weight is 794 g/mol. The van der Waals surface area contributed by atoms with Gasteiger partial charge in [0, 0.05) is 36.7 Å². The molecule has 0 spiro atoms. The van der Waals surface area contributed by atoms with Crippen molar-refractivity contribution in [3.8, 4) is 17.4 Å². The lowest BCUT2D eigenvalue weighted by atomic mass is 10.1. The maximum Gasteiger partial charge on any atom is 0.408 e. The first-order valence-electron chi connectivity index (χ1n) is 18.7. The molecule has 2 aromatic heterocycles. The molecule has 1 saturated heterocycles. The highest BCUT2D eigenvalue weighted by molar-refractivity contribution is 7.91. The second-order valence-corrected chi connectivity index (χ2v) is 17.6. The van der Waals surface area contributed by atoms with Crippen molar-refractivity contribution in [2.24, 2.45) is 5.92 Å². The fourth-order valence-electron chi connectivity index (χ4n) is 7.02. The number of allylic oxidation sites excluding steroid dienone is 1. The Morgan fingerprint density at radius 3 is 2.66 bits per heavy atom. The highest BCUT2D eigenvalue weighted by atomic mass is 32.2. The van der Waals surface area contributed by atoms with Crippen LogP contribution in [0.4, 0.5) is 4.79 Å². The molecule has 1 aromatic carbocycles. The van der Waals surface area contributed by atoms with Crippen molar-refractivity contribution >= 4 is 44.6 Å². The Balaban J connectivity index is 1.22. The lowest BCUT2D eigenvalue weighted by Gasteiger charge is -2.30. The molecule has 4 amide bonds. The largest absolute Gasteiger partial charge is 0.497 e. The van der Waals surface area contributed by atoms with Crippen LogP contribution in [-0.4, -0.2) is 113 Å². The zero-order chi connectivity index (χ0) is 39.8. The third-order valence-corrected chi connectivity index (χ3v) is 11.9. The van der Waals surface area contributed by atoms with Gasteiger partial charge in [-0.15, -0.1) is 0 Å². The van der Waals surface area contributed by atoms with E-state index in [2.05, 4.69) is 20.5 Å². The van der Waals surface area contributed by atoms with Crippen LogP contribution in [0.15, 0.2) is 54.9 Å². The van der Waals surface area contributed by atoms with E-state index < -0.39 is 74.3 Å². The van der Waals surface area contributed by atoms with Crippen LogP contribution in [0.1, 0.15) is 59.3 Å². The number of fused-ring (bicyclic) bond motifs is 3. The van der Waals surface area contributed by atoms with Crippen LogP contribution >= 0.6 is 0 Å². The molecule has 4 heterocycles. The Morgan fingerprint density at radius 1 is 1.14 bits per heavy atom. The molecule has 3 fully saturated rings. The highest BCUT2D eigenvalue weighted by Crippen LogP contribution is 2.46. The number of rotatable bonds is 8. The van der Waals surface area contributed by atoms with Gasteiger partial charge < -0.3 is 34.5 Å². The Bertz CT molecular complexity index is 2130. The summed E-state index contributed by atoms with van der Waals surface area (Å²) in [6.07, 6.45) is 7.54. The van der Waals surface area contributed by atoms with Crippen molar-refractivity contribution in [2.45, 2.75) is 93.9 Å². The Morgan fingerprint density at radius 2 is 1.95 bits per heavy atom.